The molecule has 1 unspecified atom stereocenters. The molecule has 6 nitrogen and oxygen atoms in total. The molecule has 9 heteroatoms. The molecule has 0 radical (unpaired) electrons. The van der Waals surface area contributed by atoms with Gasteiger partial charge < -0.3 is 16.0 Å². The van der Waals surface area contributed by atoms with Crippen molar-refractivity contribution in [1.82, 2.24) is 15.5 Å². The Kier molecular flexibility index (Phi) is 6.77. The fourth-order valence-electron chi connectivity index (χ4n) is 3.88. The predicted octanol–water partition coefficient (Wildman–Crippen LogP) is 2.22. The number of aliphatic imine (C=N–C) groups is 1. The first kappa shape index (κ1) is 20.4. The van der Waals surface area contributed by atoms with E-state index in [0.717, 1.165) is 31.6 Å². The van der Waals surface area contributed by atoms with Crippen LogP contribution >= 0.6 is 0 Å². The fourth-order valence-corrected chi connectivity index (χ4v) is 3.88. The van der Waals surface area contributed by atoms with Gasteiger partial charge in [0, 0.05) is 32.2 Å². The molecular weight excluding hydrogens is 371 g/mol. The lowest BCUT2D eigenvalue weighted by Crippen LogP contribution is -2.47. The zero-order valence-electron chi connectivity index (χ0n) is 15.9. The summed E-state index contributed by atoms with van der Waals surface area (Å²) in [6, 6.07) is 2.67. The van der Waals surface area contributed by atoms with Gasteiger partial charge in [0.1, 0.15) is 0 Å². The van der Waals surface area contributed by atoms with Crippen LogP contribution in [0.15, 0.2) is 17.1 Å². The van der Waals surface area contributed by atoms with Gasteiger partial charge in [-0.05, 0) is 31.4 Å². The molecule has 1 aliphatic carbocycles. The highest BCUT2D eigenvalue weighted by Crippen LogP contribution is 2.26. The predicted molar refractivity (Wildman–Crippen MR) is 102 cm³/mol. The lowest BCUT2D eigenvalue weighted by molar-refractivity contribution is -0.115. The molecule has 2 fully saturated rings. The third kappa shape index (κ3) is 4.95. The van der Waals surface area contributed by atoms with Gasteiger partial charge in [-0.1, -0.05) is 12.8 Å². The number of nitrogens with one attached hydrogen (secondary N) is 3. The maximum atomic E-state index is 13.6. The van der Waals surface area contributed by atoms with E-state index in [2.05, 4.69) is 25.8 Å². The number of hydrogen-bond acceptors (Lipinski definition) is 3. The third-order valence-corrected chi connectivity index (χ3v) is 5.35. The van der Waals surface area contributed by atoms with E-state index in [1.54, 1.807) is 7.05 Å². The molecule has 0 spiro atoms. The molecule has 28 heavy (non-hydrogen) atoms. The monoisotopic (exact) mass is 397 g/mol. The maximum Gasteiger partial charge on any atom is 0.243 e. The van der Waals surface area contributed by atoms with E-state index in [1.165, 1.54) is 25.7 Å². The summed E-state index contributed by atoms with van der Waals surface area (Å²) in [7, 11) is 1.60. The number of halogens is 3. The Hall–Kier alpha value is -2.29. The molecule has 1 aromatic rings. The fraction of sp³-hybridized carbons (Fsp3) is 0.579. The van der Waals surface area contributed by atoms with E-state index in [1.807, 2.05) is 0 Å². The standard InChI is InChI=1S/C19H26F3N5O/c1-23-19(25-12-8-9-27(11-12)13-4-2-3-5-13)24-10-16(28)26-15-7-6-14(20)17(21)18(15)22/h6-7,12-13H,2-5,8-11H2,1H3,(H,26,28)(H2,23,24,25). The maximum absolute atomic E-state index is 13.6. The number of carbonyl (C=O) groups is 1. The van der Waals surface area contributed by atoms with Gasteiger partial charge in [0.2, 0.25) is 5.91 Å². The van der Waals surface area contributed by atoms with Gasteiger partial charge in [-0.3, -0.25) is 14.7 Å². The van der Waals surface area contributed by atoms with E-state index < -0.39 is 29.0 Å². The summed E-state index contributed by atoms with van der Waals surface area (Å²) in [5, 5.41) is 8.39. The third-order valence-electron chi connectivity index (χ3n) is 5.35. The number of likely N-dealkylation sites (tertiary alicyclic amines) is 1. The Bertz CT molecular complexity index is 737. The number of nitrogens with zero attached hydrogens (tertiary/aromatic N) is 2. The Labute approximate surface area is 162 Å². The van der Waals surface area contributed by atoms with Crippen LogP contribution < -0.4 is 16.0 Å². The second-order valence-corrected chi connectivity index (χ2v) is 7.26. The summed E-state index contributed by atoms with van der Waals surface area (Å²) in [5.41, 5.74) is -0.406. The van der Waals surface area contributed by atoms with Crippen molar-refractivity contribution in [2.24, 2.45) is 4.99 Å². The second kappa shape index (κ2) is 9.27. The molecule has 1 heterocycles. The topological polar surface area (TPSA) is 68.8 Å². The molecule has 3 rings (SSSR count). The van der Waals surface area contributed by atoms with Crippen LogP contribution in [0.5, 0.6) is 0 Å². The van der Waals surface area contributed by atoms with Crippen molar-refractivity contribution in [3.63, 3.8) is 0 Å². The average Bonchev–Trinajstić information content (AvgIpc) is 3.37. The van der Waals surface area contributed by atoms with Gasteiger partial charge in [0.25, 0.3) is 0 Å². The summed E-state index contributed by atoms with van der Waals surface area (Å²) in [5.74, 6) is -4.46. The molecule has 1 atom stereocenters. The van der Waals surface area contributed by atoms with Crippen LogP contribution in [0, 0.1) is 17.5 Å². The highest BCUT2D eigenvalue weighted by atomic mass is 19.2. The van der Waals surface area contributed by atoms with Crippen LogP contribution in [0.1, 0.15) is 32.1 Å². The van der Waals surface area contributed by atoms with Gasteiger partial charge >= 0.3 is 0 Å². The van der Waals surface area contributed by atoms with Crippen LogP contribution in [-0.4, -0.2) is 55.5 Å². The molecule has 1 aromatic carbocycles. The summed E-state index contributed by atoms with van der Waals surface area (Å²) < 4.78 is 39.8. The number of anilines is 1. The van der Waals surface area contributed by atoms with Crippen molar-refractivity contribution in [3.8, 4) is 0 Å². The summed E-state index contributed by atoms with van der Waals surface area (Å²) in [6.07, 6.45) is 6.14. The lowest BCUT2D eigenvalue weighted by atomic mass is 10.2. The van der Waals surface area contributed by atoms with E-state index in [9.17, 15) is 18.0 Å². The molecule has 0 bridgehead atoms. The highest BCUT2D eigenvalue weighted by molar-refractivity contribution is 5.95. The van der Waals surface area contributed by atoms with Crippen LogP contribution in [0.25, 0.3) is 0 Å². The molecular formula is C19H26F3N5O. The molecule has 1 saturated carbocycles. The van der Waals surface area contributed by atoms with E-state index in [0.29, 0.717) is 12.0 Å². The van der Waals surface area contributed by atoms with Crippen LogP contribution in [0.4, 0.5) is 18.9 Å². The first-order valence-electron chi connectivity index (χ1n) is 9.62. The Morgan fingerprint density at radius 3 is 2.64 bits per heavy atom. The Morgan fingerprint density at radius 1 is 1.18 bits per heavy atom. The van der Waals surface area contributed by atoms with Crippen molar-refractivity contribution in [2.45, 2.75) is 44.2 Å². The number of amides is 1. The Balaban J connectivity index is 1.45. The average molecular weight is 397 g/mol. The van der Waals surface area contributed by atoms with E-state index >= 15 is 0 Å². The minimum Gasteiger partial charge on any atom is -0.352 e. The van der Waals surface area contributed by atoms with Crippen LogP contribution in [0.2, 0.25) is 0 Å². The van der Waals surface area contributed by atoms with Gasteiger partial charge in [-0.15, -0.1) is 0 Å². The van der Waals surface area contributed by atoms with E-state index in [4.69, 9.17) is 0 Å². The summed E-state index contributed by atoms with van der Waals surface area (Å²) >= 11 is 0. The zero-order chi connectivity index (χ0) is 20.1. The molecule has 0 aromatic heterocycles. The Morgan fingerprint density at radius 2 is 1.93 bits per heavy atom. The van der Waals surface area contributed by atoms with Crippen LogP contribution in [-0.2, 0) is 4.79 Å². The largest absolute Gasteiger partial charge is 0.352 e. The number of carbonyl (C=O) groups excluding carboxylic acids is 1. The molecule has 3 N–H and O–H groups in total. The molecule has 2 aliphatic rings. The van der Waals surface area contributed by atoms with Crippen molar-refractivity contribution in [3.05, 3.63) is 29.6 Å². The normalized spacial score (nSPS) is 21.1. The molecule has 1 amide bonds. The van der Waals surface area contributed by atoms with Crippen molar-refractivity contribution >= 4 is 17.6 Å². The minimum absolute atomic E-state index is 0.183. The summed E-state index contributed by atoms with van der Waals surface area (Å²) in [6.45, 7) is 1.81. The first-order valence-corrected chi connectivity index (χ1v) is 9.62. The van der Waals surface area contributed by atoms with Crippen molar-refractivity contribution in [1.29, 1.82) is 0 Å². The van der Waals surface area contributed by atoms with Crippen LogP contribution in [0.3, 0.4) is 0 Å². The first-order chi connectivity index (χ1) is 13.5. The van der Waals surface area contributed by atoms with Crippen molar-refractivity contribution < 1.29 is 18.0 Å². The van der Waals surface area contributed by atoms with Gasteiger partial charge in [-0.25, -0.2) is 13.2 Å². The molecule has 1 aliphatic heterocycles. The van der Waals surface area contributed by atoms with Crippen molar-refractivity contribution in [2.75, 3.05) is 32.0 Å². The minimum atomic E-state index is -1.61. The highest BCUT2D eigenvalue weighted by Gasteiger charge is 2.30. The number of guanidine groups is 1. The second-order valence-electron chi connectivity index (χ2n) is 7.26. The smallest absolute Gasteiger partial charge is 0.243 e. The van der Waals surface area contributed by atoms with Gasteiger partial charge in [0.05, 0.1) is 12.2 Å². The van der Waals surface area contributed by atoms with Gasteiger partial charge in [0.15, 0.2) is 23.4 Å². The number of rotatable bonds is 5. The number of hydrogen-bond donors (Lipinski definition) is 3. The zero-order valence-corrected chi connectivity index (χ0v) is 15.9. The molecule has 154 valence electrons. The van der Waals surface area contributed by atoms with E-state index in [-0.39, 0.29) is 12.6 Å². The number of benzene rings is 1. The summed E-state index contributed by atoms with van der Waals surface area (Å²) in [4.78, 5) is 18.6. The van der Waals surface area contributed by atoms with Gasteiger partial charge in [-0.2, -0.15) is 0 Å². The lowest BCUT2D eigenvalue weighted by Gasteiger charge is -2.24. The molecule has 1 saturated heterocycles. The SMILES string of the molecule is CN=C(NCC(=O)Nc1ccc(F)c(F)c1F)NC1CCN(C2CCCC2)C1. The quantitative estimate of drug-likeness (QED) is 0.405.